The number of H-pyrrole nitrogens is 1. The molecule has 0 amide bonds. The molecule has 0 aliphatic carbocycles. The van der Waals surface area contributed by atoms with Gasteiger partial charge in [-0.1, -0.05) is 0 Å². The zero-order chi connectivity index (χ0) is 15.6. The van der Waals surface area contributed by atoms with Gasteiger partial charge in [-0.05, 0) is 13.0 Å². The number of nitrogens with one attached hydrogen (secondary N) is 2. The van der Waals surface area contributed by atoms with Gasteiger partial charge in [0.15, 0.2) is 0 Å². The van der Waals surface area contributed by atoms with Crippen molar-refractivity contribution in [3.05, 3.63) is 51.3 Å². The third-order valence-corrected chi connectivity index (χ3v) is 2.92. The predicted octanol–water partition coefficient (Wildman–Crippen LogP) is 3.26. The van der Waals surface area contributed by atoms with Crippen LogP contribution in [0, 0.1) is 17.0 Å². The van der Waals surface area contributed by atoms with E-state index < -0.39 is 22.4 Å². The van der Waals surface area contributed by atoms with Gasteiger partial charge in [0.2, 0.25) is 0 Å². The van der Waals surface area contributed by atoms with Crippen LogP contribution in [0.1, 0.15) is 16.8 Å². The van der Waals surface area contributed by atoms with Crippen molar-refractivity contribution in [3.63, 3.8) is 0 Å². The standard InChI is InChI=1S/C12H11F3N4O2/c1-7-8(6-17-18-7)5-16-11-3-2-9(19(20)21)4-10(11)12(13,14)15/h2-4,6,16H,5H2,1H3,(H,17,18). The number of aromatic amines is 1. The van der Waals surface area contributed by atoms with Crippen molar-refractivity contribution in [2.75, 3.05) is 5.32 Å². The second-order valence-corrected chi connectivity index (χ2v) is 4.36. The SMILES string of the molecule is Cc1[nH]ncc1CNc1ccc([N+](=O)[O-])cc1C(F)(F)F. The molecule has 21 heavy (non-hydrogen) atoms. The maximum Gasteiger partial charge on any atom is 0.418 e. The van der Waals surface area contributed by atoms with Crippen LogP contribution < -0.4 is 5.32 Å². The summed E-state index contributed by atoms with van der Waals surface area (Å²) in [7, 11) is 0. The van der Waals surface area contributed by atoms with Crippen LogP contribution in [0.2, 0.25) is 0 Å². The molecule has 0 bridgehead atoms. The number of nitrogens with zero attached hydrogens (tertiary/aromatic N) is 2. The van der Waals surface area contributed by atoms with E-state index >= 15 is 0 Å². The van der Waals surface area contributed by atoms with Gasteiger partial charge < -0.3 is 5.32 Å². The summed E-state index contributed by atoms with van der Waals surface area (Å²) in [5.41, 5.74) is -0.446. The van der Waals surface area contributed by atoms with Crippen LogP contribution in [0.4, 0.5) is 24.5 Å². The Hall–Kier alpha value is -2.58. The van der Waals surface area contributed by atoms with Crippen LogP contribution >= 0.6 is 0 Å². The number of hydrogen-bond donors (Lipinski definition) is 2. The average molecular weight is 300 g/mol. The Kier molecular flexibility index (Phi) is 3.83. The van der Waals surface area contributed by atoms with E-state index in [1.54, 1.807) is 6.92 Å². The molecule has 2 rings (SSSR count). The molecular weight excluding hydrogens is 289 g/mol. The van der Waals surface area contributed by atoms with Crippen molar-refractivity contribution < 1.29 is 18.1 Å². The second-order valence-electron chi connectivity index (χ2n) is 4.36. The zero-order valence-electron chi connectivity index (χ0n) is 10.9. The molecule has 0 unspecified atom stereocenters. The number of rotatable bonds is 4. The maximum absolute atomic E-state index is 13.0. The number of benzene rings is 1. The highest BCUT2D eigenvalue weighted by molar-refractivity contribution is 5.57. The van der Waals surface area contributed by atoms with Gasteiger partial charge >= 0.3 is 6.18 Å². The van der Waals surface area contributed by atoms with E-state index in [0.29, 0.717) is 11.6 Å². The maximum atomic E-state index is 13.0. The van der Waals surface area contributed by atoms with Gasteiger partial charge in [0.1, 0.15) is 0 Å². The normalized spacial score (nSPS) is 11.4. The monoisotopic (exact) mass is 300 g/mol. The van der Waals surface area contributed by atoms with E-state index in [1.165, 1.54) is 6.20 Å². The Morgan fingerprint density at radius 1 is 1.43 bits per heavy atom. The number of halogens is 3. The molecule has 0 fully saturated rings. The minimum Gasteiger partial charge on any atom is -0.380 e. The molecule has 0 atom stereocenters. The molecule has 0 aliphatic rings. The molecule has 0 saturated carbocycles. The van der Waals surface area contributed by atoms with Crippen molar-refractivity contribution in [2.45, 2.75) is 19.6 Å². The Morgan fingerprint density at radius 2 is 2.14 bits per heavy atom. The first-order valence-electron chi connectivity index (χ1n) is 5.87. The Morgan fingerprint density at radius 3 is 2.67 bits per heavy atom. The topological polar surface area (TPSA) is 83.8 Å². The van der Waals surface area contributed by atoms with Crippen LogP contribution in [0.5, 0.6) is 0 Å². The van der Waals surface area contributed by atoms with Crippen molar-refractivity contribution in [3.8, 4) is 0 Å². The summed E-state index contributed by atoms with van der Waals surface area (Å²) in [4.78, 5) is 9.72. The highest BCUT2D eigenvalue weighted by atomic mass is 19.4. The van der Waals surface area contributed by atoms with E-state index in [4.69, 9.17) is 0 Å². The second kappa shape index (κ2) is 5.43. The first kappa shape index (κ1) is 14.8. The van der Waals surface area contributed by atoms with Gasteiger partial charge in [-0.25, -0.2) is 0 Å². The molecule has 6 nitrogen and oxygen atoms in total. The quantitative estimate of drug-likeness (QED) is 0.670. The largest absolute Gasteiger partial charge is 0.418 e. The van der Waals surface area contributed by atoms with Gasteiger partial charge in [-0.3, -0.25) is 15.2 Å². The summed E-state index contributed by atoms with van der Waals surface area (Å²) < 4.78 is 38.9. The van der Waals surface area contributed by atoms with E-state index in [0.717, 1.165) is 17.8 Å². The van der Waals surface area contributed by atoms with E-state index in [2.05, 4.69) is 15.5 Å². The van der Waals surface area contributed by atoms with Crippen molar-refractivity contribution >= 4 is 11.4 Å². The molecule has 0 spiro atoms. The number of non-ortho nitro benzene ring substituents is 1. The fraction of sp³-hybridized carbons (Fsp3) is 0.250. The zero-order valence-corrected chi connectivity index (χ0v) is 10.9. The van der Waals surface area contributed by atoms with Crippen LogP contribution in [0.25, 0.3) is 0 Å². The molecule has 0 saturated heterocycles. The molecule has 9 heteroatoms. The Bertz CT molecular complexity index is 667. The Labute approximate surface area is 117 Å². The summed E-state index contributed by atoms with van der Waals surface area (Å²) in [6, 6.07) is 2.60. The summed E-state index contributed by atoms with van der Waals surface area (Å²) in [5.74, 6) is 0. The third-order valence-electron chi connectivity index (χ3n) is 2.92. The minimum atomic E-state index is -4.68. The number of anilines is 1. The number of aryl methyl sites for hydroxylation is 1. The van der Waals surface area contributed by atoms with Gasteiger partial charge in [0.25, 0.3) is 5.69 Å². The molecule has 2 N–H and O–H groups in total. The van der Waals surface area contributed by atoms with E-state index in [1.807, 2.05) is 0 Å². The van der Waals surface area contributed by atoms with Crippen molar-refractivity contribution in [1.29, 1.82) is 0 Å². The lowest BCUT2D eigenvalue weighted by atomic mass is 10.1. The van der Waals surface area contributed by atoms with Crippen LogP contribution in [0.3, 0.4) is 0 Å². The number of alkyl halides is 3. The first-order valence-corrected chi connectivity index (χ1v) is 5.87. The molecule has 2 aromatic rings. The Balaban J connectivity index is 2.30. The highest BCUT2D eigenvalue weighted by Gasteiger charge is 2.35. The first-order chi connectivity index (χ1) is 9.79. The van der Waals surface area contributed by atoms with Gasteiger partial charge in [0.05, 0.1) is 16.7 Å². The molecular formula is C12H11F3N4O2. The van der Waals surface area contributed by atoms with E-state index in [-0.39, 0.29) is 12.2 Å². The number of aromatic nitrogens is 2. The molecule has 1 aromatic carbocycles. The minimum absolute atomic E-state index is 0.128. The summed E-state index contributed by atoms with van der Waals surface area (Å²) in [5, 5.41) is 19.7. The molecule has 112 valence electrons. The summed E-state index contributed by atoms with van der Waals surface area (Å²) in [6.07, 6.45) is -3.18. The fourth-order valence-corrected chi connectivity index (χ4v) is 1.78. The molecule has 0 radical (unpaired) electrons. The highest BCUT2D eigenvalue weighted by Crippen LogP contribution is 2.37. The van der Waals surface area contributed by atoms with Crippen LogP contribution in [0.15, 0.2) is 24.4 Å². The lowest BCUT2D eigenvalue weighted by Gasteiger charge is -2.14. The number of nitro benzene ring substituents is 1. The van der Waals surface area contributed by atoms with Gasteiger partial charge in [0, 0.05) is 35.6 Å². The third kappa shape index (κ3) is 3.30. The van der Waals surface area contributed by atoms with Gasteiger partial charge in [-0.15, -0.1) is 0 Å². The fourth-order valence-electron chi connectivity index (χ4n) is 1.78. The predicted molar refractivity (Wildman–Crippen MR) is 68.7 cm³/mol. The number of nitro groups is 1. The molecule has 1 heterocycles. The lowest BCUT2D eigenvalue weighted by Crippen LogP contribution is -2.11. The summed E-state index contributed by atoms with van der Waals surface area (Å²) >= 11 is 0. The lowest BCUT2D eigenvalue weighted by molar-refractivity contribution is -0.385. The van der Waals surface area contributed by atoms with E-state index in [9.17, 15) is 23.3 Å². The molecule has 1 aromatic heterocycles. The summed E-state index contributed by atoms with van der Waals surface area (Å²) in [6.45, 7) is 1.87. The van der Waals surface area contributed by atoms with Crippen LogP contribution in [-0.2, 0) is 12.7 Å². The van der Waals surface area contributed by atoms with Crippen molar-refractivity contribution in [2.24, 2.45) is 0 Å². The smallest absolute Gasteiger partial charge is 0.380 e. The van der Waals surface area contributed by atoms with Crippen LogP contribution in [-0.4, -0.2) is 15.1 Å². The average Bonchev–Trinajstić information content (AvgIpc) is 2.80. The van der Waals surface area contributed by atoms with Crippen molar-refractivity contribution in [1.82, 2.24) is 10.2 Å². The number of hydrogen-bond acceptors (Lipinski definition) is 4. The molecule has 0 aliphatic heterocycles. The van der Waals surface area contributed by atoms with Gasteiger partial charge in [-0.2, -0.15) is 18.3 Å².